The van der Waals surface area contributed by atoms with Crippen LogP contribution in [0.25, 0.3) is 32.9 Å². The Bertz CT molecular complexity index is 3030. The third-order valence-electron chi connectivity index (χ3n) is 18.4. The van der Waals surface area contributed by atoms with Gasteiger partial charge in [-0.25, -0.2) is 4.39 Å². The summed E-state index contributed by atoms with van der Waals surface area (Å²) < 4.78 is 23.8. The Labute approximate surface area is 425 Å². The van der Waals surface area contributed by atoms with Crippen LogP contribution in [0.4, 0.5) is 15.9 Å². The second kappa shape index (κ2) is 18.2. The Balaban J connectivity index is 0.628. The lowest BCUT2D eigenvalue weighted by atomic mass is 9.57. The molecule has 5 aromatic rings. The first-order valence-corrected chi connectivity index (χ1v) is 27.1. The van der Waals surface area contributed by atoms with Crippen LogP contribution in [0.1, 0.15) is 99.5 Å². The van der Waals surface area contributed by atoms with Crippen LogP contribution in [-0.2, 0) is 22.6 Å². The molecule has 4 atom stereocenters. The van der Waals surface area contributed by atoms with E-state index in [-0.39, 0.29) is 52.5 Å². The predicted molar refractivity (Wildman–Crippen MR) is 277 cm³/mol. The van der Waals surface area contributed by atoms with Crippen molar-refractivity contribution in [2.45, 2.75) is 115 Å². The second-order valence-electron chi connectivity index (χ2n) is 23.3. The molecule has 73 heavy (non-hydrogen) atoms. The zero-order chi connectivity index (χ0) is 49.8. The van der Waals surface area contributed by atoms with Gasteiger partial charge < -0.3 is 34.8 Å². The second-order valence-corrected chi connectivity index (χ2v) is 23.3. The third kappa shape index (κ3) is 8.64. The Hall–Kier alpha value is -5.97. The quantitative estimate of drug-likeness (QED) is 0.112. The number of aromatic hydroxyl groups is 1. The van der Waals surface area contributed by atoms with E-state index in [9.17, 15) is 19.5 Å². The number of hydrogen-bond acceptors (Lipinski definition) is 13. The number of piperazine rings is 2. The van der Waals surface area contributed by atoms with Gasteiger partial charge in [0.15, 0.2) is 5.82 Å². The van der Waals surface area contributed by atoms with Crippen LogP contribution in [0.2, 0.25) is 0 Å². The van der Waals surface area contributed by atoms with Gasteiger partial charge in [0.2, 0.25) is 11.8 Å². The molecule has 5 saturated heterocycles. The predicted octanol–water partition coefficient (Wildman–Crippen LogP) is 6.82. The van der Waals surface area contributed by atoms with Crippen LogP contribution in [0.15, 0.2) is 54.7 Å². The highest BCUT2D eigenvalue weighted by atomic mass is 19.1. The number of carbonyl (C=O) groups excluding carboxylic acids is 3. The lowest BCUT2D eigenvalue weighted by molar-refractivity contribution is -0.136. The van der Waals surface area contributed by atoms with E-state index in [0.29, 0.717) is 65.4 Å². The molecule has 15 nitrogen and oxygen atoms in total. The van der Waals surface area contributed by atoms with Gasteiger partial charge in [-0.15, -0.1) is 0 Å². The van der Waals surface area contributed by atoms with E-state index < -0.39 is 11.9 Å². The number of rotatable bonds is 12. The molecule has 3 N–H and O–H groups in total. The number of benzene rings is 3. The first-order chi connectivity index (χ1) is 35.4. The first-order valence-electron chi connectivity index (χ1n) is 27.1. The maximum absolute atomic E-state index is 17.2. The smallest absolute Gasteiger partial charge is 0.319 e. The topological polar surface area (TPSA) is 160 Å². The molecule has 0 radical (unpaired) electrons. The van der Waals surface area contributed by atoms with Crippen molar-refractivity contribution >= 4 is 50.9 Å². The molecule has 16 heteroatoms. The summed E-state index contributed by atoms with van der Waals surface area (Å²) in [7, 11) is 0. The average Bonchev–Trinajstić information content (AvgIpc) is 3.95. The molecule has 382 valence electrons. The molecule has 13 rings (SSSR count). The normalized spacial score (nSPS) is 26.0. The van der Waals surface area contributed by atoms with Gasteiger partial charge in [0, 0.05) is 105 Å². The number of anilines is 2. The van der Waals surface area contributed by atoms with Gasteiger partial charge in [0.25, 0.3) is 5.91 Å². The van der Waals surface area contributed by atoms with Gasteiger partial charge in [-0.2, -0.15) is 9.97 Å². The maximum Gasteiger partial charge on any atom is 0.319 e. The number of piperidine rings is 2. The number of hydrogen-bond donors (Lipinski definition) is 3. The Morgan fingerprint density at radius 3 is 2.45 bits per heavy atom. The summed E-state index contributed by atoms with van der Waals surface area (Å²) >= 11 is 0. The number of likely N-dealkylation sites (tertiary alicyclic amines) is 1. The molecule has 2 unspecified atom stereocenters. The van der Waals surface area contributed by atoms with Crippen molar-refractivity contribution in [3.8, 4) is 23.0 Å². The van der Waals surface area contributed by atoms with Crippen LogP contribution < -0.4 is 25.2 Å². The number of halogens is 1. The molecule has 2 aromatic heterocycles. The summed E-state index contributed by atoms with van der Waals surface area (Å²) in [5, 5.41) is 19.2. The number of imide groups is 1. The summed E-state index contributed by atoms with van der Waals surface area (Å²) in [6.45, 7) is 14.1. The number of carbonyl (C=O) groups is 3. The summed E-state index contributed by atoms with van der Waals surface area (Å²) in [4.78, 5) is 63.9. The number of pyridine rings is 1. The molecule has 2 bridgehead atoms. The fourth-order valence-corrected chi connectivity index (χ4v) is 14.2. The number of ether oxygens (including phenoxy) is 1. The van der Waals surface area contributed by atoms with Crippen molar-refractivity contribution in [3.05, 3.63) is 77.2 Å². The lowest BCUT2D eigenvalue weighted by Crippen LogP contribution is -2.56. The number of nitrogens with zero attached hydrogens (tertiary/aromatic N) is 8. The maximum atomic E-state index is 17.2. The molecule has 3 amide bonds. The molecule has 2 saturated carbocycles. The lowest BCUT2D eigenvalue weighted by Gasteiger charge is -2.54. The van der Waals surface area contributed by atoms with Crippen molar-refractivity contribution in [2.24, 2.45) is 16.7 Å². The van der Waals surface area contributed by atoms with E-state index in [0.717, 1.165) is 125 Å². The number of phenols is 1. The van der Waals surface area contributed by atoms with Crippen LogP contribution >= 0.6 is 0 Å². The fraction of sp³-hybridized carbons (Fsp3) is 0.544. The molecule has 7 fully saturated rings. The molecule has 8 aliphatic rings. The van der Waals surface area contributed by atoms with Crippen molar-refractivity contribution in [2.75, 3.05) is 75.3 Å². The van der Waals surface area contributed by atoms with Crippen molar-refractivity contribution in [1.29, 1.82) is 0 Å². The molecule has 3 aromatic carbocycles. The van der Waals surface area contributed by atoms with Crippen LogP contribution in [0.3, 0.4) is 0 Å². The Kier molecular flexibility index (Phi) is 11.6. The third-order valence-corrected chi connectivity index (χ3v) is 18.4. The fourth-order valence-electron chi connectivity index (χ4n) is 14.2. The Morgan fingerprint density at radius 2 is 1.70 bits per heavy atom. The molecule has 6 aliphatic heterocycles. The molecule has 2 aliphatic carbocycles. The molecular formula is C57H67FN10O5. The van der Waals surface area contributed by atoms with Crippen LogP contribution in [0.5, 0.6) is 11.8 Å². The zero-order valence-electron chi connectivity index (χ0n) is 42.2. The van der Waals surface area contributed by atoms with E-state index >= 15 is 4.39 Å². The average molecular weight is 991 g/mol. The largest absolute Gasteiger partial charge is 0.508 e. The minimum atomic E-state index is -0.603. The van der Waals surface area contributed by atoms with Gasteiger partial charge in [0.05, 0.1) is 12.0 Å². The molecular weight excluding hydrogens is 924 g/mol. The Morgan fingerprint density at radius 1 is 0.890 bits per heavy atom. The van der Waals surface area contributed by atoms with Gasteiger partial charge in [-0.3, -0.25) is 29.6 Å². The highest BCUT2D eigenvalue weighted by Crippen LogP contribution is 2.54. The number of aromatic nitrogens is 3. The number of aryl methyl sites for hydroxylation is 1. The molecule has 8 heterocycles. The van der Waals surface area contributed by atoms with E-state index in [1.165, 1.54) is 25.7 Å². The van der Waals surface area contributed by atoms with Gasteiger partial charge in [-0.05, 0) is 148 Å². The minimum Gasteiger partial charge on any atom is -0.508 e. The highest BCUT2D eigenvalue weighted by molar-refractivity contribution is 6.06. The molecule has 1 spiro atoms. The summed E-state index contributed by atoms with van der Waals surface area (Å²) in [5.74, 6) is 0.144. The highest BCUT2D eigenvalue weighted by Gasteiger charge is 2.50. The summed E-state index contributed by atoms with van der Waals surface area (Å²) in [6, 6.07) is 16.1. The van der Waals surface area contributed by atoms with Crippen molar-refractivity contribution < 1.29 is 28.6 Å². The number of fused-ring (bicyclic) bond motifs is 5. The van der Waals surface area contributed by atoms with Crippen molar-refractivity contribution in [1.82, 2.24) is 40.3 Å². The van der Waals surface area contributed by atoms with E-state index in [1.54, 1.807) is 23.2 Å². The van der Waals surface area contributed by atoms with Crippen molar-refractivity contribution in [3.63, 3.8) is 0 Å². The van der Waals surface area contributed by atoms with Crippen LogP contribution in [0, 0.1) is 22.6 Å². The summed E-state index contributed by atoms with van der Waals surface area (Å²) in [5.41, 5.74) is 5.18. The van der Waals surface area contributed by atoms with E-state index in [1.807, 2.05) is 24.3 Å². The standard InChI is InChI=1S/C57H67FN10O5/c1-3-36-5-4-6-37-22-42(69)23-44(48(36)37)50-49(58)51-45(26-59-50)52(67-30-39-7-8-40(31-67)60-39)63-55(62-51)73-33-57(13-14-57)32-64-17-15-56(16-18-64)24-35(25-56)28-65-19-20-66(27-34(65)2)41-9-10-43-38(21-41)29-68(54(43)72)46-11-12-47(70)61-53(46)71/h4-6,9-10,21-23,26,34-35,39-40,46,60,69H,3,7-8,11-20,24-25,27-33H2,1-2H3,(H,61,70,71)/t34-,39?,40?,46-/m0/s1. The van der Waals surface area contributed by atoms with Gasteiger partial charge >= 0.3 is 6.01 Å². The minimum absolute atomic E-state index is 0.0317. The van der Waals surface area contributed by atoms with Crippen LogP contribution in [-0.4, -0.2) is 142 Å². The number of amides is 3. The summed E-state index contributed by atoms with van der Waals surface area (Å²) in [6.07, 6.45) is 12.6. The van der Waals surface area contributed by atoms with E-state index in [4.69, 9.17) is 19.7 Å². The zero-order valence-corrected chi connectivity index (χ0v) is 42.2. The van der Waals surface area contributed by atoms with Gasteiger partial charge in [-0.1, -0.05) is 25.1 Å². The first kappa shape index (κ1) is 46.8. The number of phenolic OH excluding ortho intramolecular Hbond substituents is 1. The SMILES string of the molecule is CCc1cccc2cc(O)cc(-c3ncc4c(N5CC6CCC(C5)N6)nc(OCC5(CN6CCC7(CC6)CC(CN6CCN(c8ccc9c(c8)CN([C@H]8CCC(=O)NC8=O)C9=O)C[C@@H]6C)C7)CC5)nc4c3F)c12. The van der Waals surface area contributed by atoms with Gasteiger partial charge in [0.1, 0.15) is 28.8 Å². The number of nitrogens with one attached hydrogen (secondary N) is 2. The van der Waals surface area contributed by atoms with E-state index in [2.05, 4.69) is 56.2 Å². The monoisotopic (exact) mass is 991 g/mol.